The van der Waals surface area contributed by atoms with Gasteiger partial charge < -0.3 is 25.6 Å². The maximum Gasteiger partial charge on any atom is 0.270 e. The average Bonchev–Trinajstić information content (AvgIpc) is 2.96. The van der Waals surface area contributed by atoms with Crippen LogP contribution in [0.4, 0.5) is 5.69 Å². The molecule has 1 aliphatic rings. The monoisotopic (exact) mass is 318 g/mol. The Hall–Kier alpha value is -2.05. The van der Waals surface area contributed by atoms with E-state index in [1.165, 1.54) is 0 Å². The molecule has 4 N–H and O–H groups in total. The van der Waals surface area contributed by atoms with Gasteiger partial charge in [-0.1, -0.05) is 13.8 Å². The Labute approximate surface area is 136 Å². The lowest BCUT2D eigenvalue weighted by atomic mass is 10.2. The van der Waals surface area contributed by atoms with Crippen LogP contribution in [0.2, 0.25) is 0 Å². The highest BCUT2D eigenvalue weighted by Crippen LogP contribution is 2.26. The van der Waals surface area contributed by atoms with Crippen molar-refractivity contribution in [1.29, 1.82) is 0 Å². The van der Waals surface area contributed by atoms with Gasteiger partial charge in [-0.15, -0.1) is 0 Å². The minimum Gasteiger partial charge on any atom is -0.390 e. The molecule has 126 valence electrons. The number of likely N-dealkylation sites (N-methyl/N-ethyl adjacent to an activating group) is 1. The van der Waals surface area contributed by atoms with Crippen molar-refractivity contribution in [1.82, 2.24) is 9.47 Å². The first-order chi connectivity index (χ1) is 11.1. The van der Waals surface area contributed by atoms with Crippen LogP contribution in [0.5, 0.6) is 0 Å². The zero-order valence-electron chi connectivity index (χ0n) is 14.0. The van der Waals surface area contributed by atoms with E-state index in [0.717, 1.165) is 35.4 Å². The fraction of sp³-hybridized carbons (Fsp3) is 0.471. The second-order valence-corrected chi connectivity index (χ2v) is 5.45. The van der Waals surface area contributed by atoms with E-state index in [1.54, 1.807) is 4.90 Å². The van der Waals surface area contributed by atoms with Crippen LogP contribution < -0.4 is 11.1 Å². The molecule has 0 bridgehead atoms. The van der Waals surface area contributed by atoms with E-state index in [9.17, 15) is 9.90 Å². The molecule has 0 fully saturated rings. The van der Waals surface area contributed by atoms with Gasteiger partial charge in [0.1, 0.15) is 5.69 Å². The molecular weight excluding hydrogens is 292 g/mol. The van der Waals surface area contributed by atoms with Crippen LogP contribution in [-0.2, 0) is 6.54 Å². The number of amides is 1. The van der Waals surface area contributed by atoms with Crippen molar-refractivity contribution < 1.29 is 9.90 Å². The molecule has 0 spiro atoms. The molecule has 1 aromatic heterocycles. The van der Waals surface area contributed by atoms with Crippen LogP contribution in [0, 0.1) is 0 Å². The summed E-state index contributed by atoms with van der Waals surface area (Å²) in [5, 5.41) is 13.7. The molecule has 0 radical (unpaired) electrons. The molecule has 2 aromatic rings. The van der Waals surface area contributed by atoms with E-state index in [0.29, 0.717) is 6.54 Å². The molecule has 3 rings (SSSR count). The van der Waals surface area contributed by atoms with Crippen LogP contribution in [0.3, 0.4) is 0 Å². The summed E-state index contributed by atoms with van der Waals surface area (Å²) < 4.78 is 2.07. The number of carbonyl (C=O) groups excluding carboxylic acids is 1. The second-order valence-electron chi connectivity index (χ2n) is 5.45. The van der Waals surface area contributed by atoms with Gasteiger partial charge in [0.25, 0.3) is 5.91 Å². The van der Waals surface area contributed by atoms with Gasteiger partial charge in [0.2, 0.25) is 0 Å². The molecule has 1 aliphatic heterocycles. The van der Waals surface area contributed by atoms with E-state index in [2.05, 4.69) is 9.88 Å². The topological polar surface area (TPSA) is 83.5 Å². The van der Waals surface area contributed by atoms with E-state index >= 15 is 0 Å². The normalized spacial score (nSPS) is 15.0. The number of rotatable bonds is 4. The summed E-state index contributed by atoms with van der Waals surface area (Å²) in [5.74, 6) is 0.0607. The Bertz CT molecular complexity index is 681. The fourth-order valence-corrected chi connectivity index (χ4v) is 2.67. The third-order valence-corrected chi connectivity index (χ3v) is 3.94. The second kappa shape index (κ2) is 7.48. The van der Waals surface area contributed by atoms with Crippen LogP contribution >= 0.6 is 0 Å². The third-order valence-electron chi connectivity index (χ3n) is 3.94. The number of aromatic nitrogens is 1. The molecule has 6 heteroatoms. The van der Waals surface area contributed by atoms with Crippen molar-refractivity contribution in [3.8, 4) is 0 Å². The van der Waals surface area contributed by atoms with E-state index < -0.39 is 6.10 Å². The van der Waals surface area contributed by atoms with Gasteiger partial charge in [0.15, 0.2) is 0 Å². The first-order valence-corrected chi connectivity index (χ1v) is 8.11. The number of benzene rings is 1. The lowest BCUT2D eigenvalue weighted by Crippen LogP contribution is -2.36. The molecule has 0 aliphatic carbocycles. The number of carbonyl (C=O) groups is 1. The zero-order chi connectivity index (χ0) is 17.0. The first kappa shape index (κ1) is 17.3. The summed E-state index contributed by atoms with van der Waals surface area (Å²) in [4.78, 5) is 13.9. The number of hydrogen-bond donors (Lipinski definition) is 3. The number of hydrogen-bond acceptors (Lipinski definition) is 4. The maximum atomic E-state index is 12.2. The number of anilines is 1. The molecule has 1 amide bonds. The highest BCUT2D eigenvalue weighted by atomic mass is 16.3. The van der Waals surface area contributed by atoms with Crippen molar-refractivity contribution in [2.75, 3.05) is 32.0 Å². The number of nitrogens with two attached hydrogens (primary N) is 1. The van der Waals surface area contributed by atoms with Crippen molar-refractivity contribution in [3.63, 3.8) is 0 Å². The lowest BCUT2D eigenvalue weighted by molar-refractivity contribution is 0.0751. The highest BCUT2D eigenvalue weighted by Gasteiger charge is 2.23. The van der Waals surface area contributed by atoms with Crippen LogP contribution in [0.25, 0.3) is 10.9 Å². The summed E-state index contributed by atoms with van der Waals surface area (Å²) in [6, 6.07) is 7.89. The van der Waals surface area contributed by atoms with Crippen LogP contribution in [0.15, 0.2) is 24.3 Å². The van der Waals surface area contributed by atoms with Gasteiger partial charge in [0, 0.05) is 49.8 Å². The van der Waals surface area contributed by atoms with E-state index in [1.807, 2.05) is 45.2 Å². The quantitative estimate of drug-likeness (QED) is 0.797. The fourth-order valence-electron chi connectivity index (χ4n) is 2.67. The number of nitrogens with one attached hydrogen (secondary N) is 1. The van der Waals surface area contributed by atoms with Gasteiger partial charge in [-0.25, -0.2) is 0 Å². The summed E-state index contributed by atoms with van der Waals surface area (Å²) in [6.45, 7) is 6.20. The largest absolute Gasteiger partial charge is 0.390 e. The molecule has 1 aromatic carbocycles. The first-order valence-electron chi connectivity index (χ1n) is 8.11. The molecule has 0 saturated carbocycles. The Kier molecular flexibility index (Phi) is 5.63. The molecule has 1 unspecified atom stereocenters. The molecule has 1 atom stereocenters. The van der Waals surface area contributed by atoms with Crippen molar-refractivity contribution in [2.24, 2.45) is 5.73 Å². The van der Waals surface area contributed by atoms with E-state index in [4.69, 9.17) is 5.73 Å². The Morgan fingerprint density at radius 3 is 2.74 bits per heavy atom. The Balaban J connectivity index is 0.000000924. The van der Waals surface area contributed by atoms with Gasteiger partial charge in [-0.2, -0.15) is 0 Å². The predicted molar refractivity (Wildman–Crippen MR) is 93.8 cm³/mol. The summed E-state index contributed by atoms with van der Waals surface area (Å²) in [7, 11) is 1.82. The number of nitrogens with zero attached hydrogens (tertiary/aromatic N) is 2. The van der Waals surface area contributed by atoms with Gasteiger partial charge in [-0.3, -0.25) is 4.79 Å². The smallest absolute Gasteiger partial charge is 0.270 e. The minimum atomic E-state index is -0.557. The summed E-state index contributed by atoms with van der Waals surface area (Å²) >= 11 is 0. The molecular formula is C17H26N4O2. The van der Waals surface area contributed by atoms with Crippen LogP contribution in [0.1, 0.15) is 24.3 Å². The molecule has 2 heterocycles. The maximum absolute atomic E-state index is 12.2. The molecule has 23 heavy (non-hydrogen) atoms. The average molecular weight is 318 g/mol. The highest BCUT2D eigenvalue weighted by molar-refractivity contribution is 6.00. The summed E-state index contributed by atoms with van der Waals surface area (Å²) in [5.41, 5.74) is 8.10. The van der Waals surface area contributed by atoms with Crippen molar-refractivity contribution >= 4 is 22.5 Å². The number of aliphatic hydroxyl groups excluding tert-OH is 1. The zero-order valence-corrected chi connectivity index (χ0v) is 14.0. The van der Waals surface area contributed by atoms with Crippen LogP contribution in [-0.4, -0.2) is 53.3 Å². The van der Waals surface area contributed by atoms with Gasteiger partial charge in [0.05, 0.1) is 6.10 Å². The Morgan fingerprint density at radius 2 is 2.04 bits per heavy atom. The lowest BCUT2D eigenvalue weighted by Gasteiger charge is -2.24. The van der Waals surface area contributed by atoms with Crippen molar-refractivity contribution in [3.05, 3.63) is 30.0 Å². The molecule has 6 nitrogen and oxygen atoms in total. The standard InChI is InChI=1S/C15H20N4O2.C2H6/c1-18-4-5-19-13-3-2-11(17-9-12(20)8-16)6-10(13)7-14(19)15(18)21;1-2/h2-3,6-7,12,17,20H,4-5,8-9,16H2,1H3;1-2H3. The van der Waals surface area contributed by atoms with E-state index in [-0.39, 0.29) is 12.5 Å². The Morgan fingerprint density at radius 1 is 1.30 bits per heavy atom. The van der Waals surface area contributed by atoms with Crippen molar-refractivity contribution in [2.45, 2.75) is 26.5 Å². The summed E-state index contributed by atoms with van der Waals surface area (Å²) in [6.07, 6.45) is -0.557. The molecule has 0 saturated heterocycles. The SMILES string of the molecule is CC.CN1CCn2c(cc3cc(NCC(O)CN)ccc32)C1=O. The predicted octanol–water partition coefficient (Wildman–Crippen LogP) is 1.48. The number of aliphatic hydroxyl groups is 1. The van der Waals surface area contributed by atoms with Gasteiger partial charge in [-0.05, 0) is 24.3 Å². The van der Waals surface area contributed by atoms with Gasteiger partial charge >= 0.3 is 0 Å². The third kappa shape index (κ3) is 3.48. The minimum absolute atomic E-state index is 0.0607. The number of fused-ring (bicyclic) bond motifs is 3.